The van der Waals surface area contributed by atoms with Crippen LogP contribution in [-0.4, -0.2) is 24.3 Å². The van der Waals surface area contributed by atoms with Crippen molar-refractivity contribution in [1.29, 1.82) is 0 Å². The summed E-state index contributed by atoms with van der Waals surface area (Å²) in [6, 6.07) is 36.2. The van der Waals surface area contributed by atoms with Gasteiger partial charge in [-0.05, 0) is 28.0 Å². The SMILES string of the molecule is c1ccc(-c2cc(-c3ccccc3)n3c4nc5nccnc5nc4c4c5ccccc5ccc4c23)cc1. The molecule has 0 saturated heterocycles. The van der Waals surface area contributed by atoms with Crippen LogP contribution in [0.15, 0.2) is 116 Å². The fourth-order valence-electron chi connectivity index (χ4n) is 5.49. The van der Waals surface area contributed by atoms with Crippen LogP contribution in [0.4, 0.5) is 0 Å². The Morgan fingerprint density at radius 1 is 0.568 bits per heavy atom. The summed E-state index contributed by atoms with van der Waals surface area (Å²) in [5.41, 5.74) is 8.26. The Balaban J connectivity index is 1.70. The summed E-state index contributed by atoms with van der Waals surface area (Å²) in [7, 11) is 0. The number of pyridine rings is 1. The molecule has 5 heteroatoms. The molecule has 8 aromatic rings. The quantitative estimate of drug-likeness (QED) is 0.193. The molecule has 0 bridgehead atoms. The van der Waals surface area contributed by atoms with E-state index >= 15 is 0 Å². The lowest BCUT2D eigenvalue weighted by molar-refractivity contribution is 1.16. The fraction of sp³-hybridized carbons (Fsp3) is 0. The second-order valence-corrected chi connectivity index (χ2v) is 9.17. The third kappa shape index (κ3) is 2.91. The molecule has 0 aliphatic heterocycles. The van der Waals surface area contributed by atoms with Gasteiger partial charge in [0.15, 0.2) is 16.9 Å². The maximum Gasteiger partial charge on any atom is 0.199 e. The Kier molecular flexibility index (Phi) is 4.16. The summed E-state index contributed by atoms with van der Waals surface area (Å²) in [5, 5.41) is 4.52. The Hall–Kier alpha value is -5.16. The van der Waals surface area contributed by atoms with Crippen LogP contribution >= 0.6 is 0 Å². The average Bonchev–Trinajstić information content (AvgIpc) is 3.38. The molecular weight excluding hydrogens is 454 g/mol. The third-order valence-corrected chi connectivity index (χ3v) is 7.09. The van der Waals surface area contributed by atoms with Gasteiger partial charge in [0.1, 0.15) is 5.52 Å². The monoisotopic (exact) mass is 473 g/mol. The zero-order valence-electron chi connectivity index (χ0n) is 19.7. The summed E-state index contributed by atoms with van der Waals surface area (Å²) in [6.45, 7) is 0. The molecule has 0 radical (unpaired) electrons. The second-order valence-electron chi connectivity index (χ2n) is 9.17. The molecule has 0 aliphatic carbocycles. The van der Waals surface area contributed by atoms with Crippen LogP contribution < -0.4 is 0 Å². The lowest BCUT2D eigenvalue weighted by Crippen LogP contribution is -2.01. The lowest BCUT2D eigenvalue weighted by atomic mass is 9.98. The predicted molar refractivity (Wildman–Crippen MR) is 149 cm³/mol. The summed E-state index contributed by atoms with van der Waals surface area (Å²) < 4.78 is 2.26. The van der Waals surface area contributed by atoms with E-state index < -0.39 is 0 Å². The number of hydrogen-bond donors (Lipinski definition) is 0. The molecule has 0 unspecified atom stereocenters. The first-order chi connectivity index (χ1) is 18.4. The van der Waals surface area contributed by atoms with Crippen LogP contribution in [0.1, 0.15) is 0 Å². The predicted octanol–water partition coefficient (Wildman–Crippen LogP) is 7.47. The summed E-state index contributed by atoms with van der Waals surface area (Å²) in [4.78, 5) is 19.1. The summed E-state index contributed by atoms with van der Waals surface area (Å²) in [6.07, 6.45) is 3.33. The molecule has 4 heterocycles. The first kappa shape index (κ1) is 20.1. The number of aromatic nitrogens is 5. The van der Waals surface area contributed by atoms with Gasteiger partial charge in [-0.1, -0.05) is 97.1 Å². The molecule has 0 spiro atoms. The van der Waals surface area contributed by atoms with Crippen LogP contribution in [-0.2, 0) is 0 Å². The Bertz CT molecular complexity index is 2080. The lowest BCUT2D eigenvalue weighted by Gasteiger charge is -2.14. The highest BCUT2D eigenvalue weighted by Gasteiger charge is 2.22. The minimum Gasteiger partial charge on any atom is -0.291 e. The molecule has 0 fully saturated rings. The van der Waals surface area contributed by atoms with Gasteiger partial charge in [0, 0.05) is 28.7 Å². The molecule has 0 aliphatic rings. The highest BCUT2D eigenvalue weighted by atomic mass is 15.1. The van der Waals surface area contributed by atoms with E-state index in [0.717, 1.165) is 60.6 Å². The molecule has 8 rings (SSSR count). The van der Waals surface area contributed by atoms with E-state index in [4.69, 9.17) is 9.97 Å². The van der Waals surface area contributed by atoms with E-state index in [1.54, 1.807) is 12.4 Å². The number of rotatable bonds is 2. The van der Waals surface area contributed by atoms with Gasteiger partial charge in [-0.3, -0.25) is 4.40 Å². The first-order valence-electron chi connectivity index (χ1n) is 12.2. The minimum atomic E-state index is 0.532. The zero-order chi connectivity index (χ0) is 24.3. The van der Waals surface area contributed by atoms with E-state index in [-0.39, 0.29) is 0 Å². The van der Waals surface area contributed by atoms with Crippen molar-refractivity contribution in [1.82, 2.24) is 24.3 Å². The van der Waals surface area contributed by atoms with E-state index in [2.05, 4.69) is 111 Å². The Labute approximate surface area is 211 Å². The smallest absolute Gasteiger partial charge is 0.199 e. The van der Waals surface area contributed by atoms with E-state index in [1.165, 1.54) is 0 Å². The molecule has 0 amide bonds. The maximum atomic E-state index is 5.08. The van der Waals surface area contributed by atoms with Crippen LogP contribution in [0.2, 0.25) is 0 Å². The van der Waals surface area contributed by atoms with Crippen molar-refractivity contribution < 1.29 is 0 Å². The van der Waals surface area contributed by atoms with Gasteiger partial charge in [-0.2, -0.15) is 0 Å². The number of fused-ring (bicyclic) bond motifs is 9. The van der Waals surface area contributed by atoms with Gasteiger partial charge in [-0.25, -0.2) is 19.9 Å². The van der Waals surface area contributed by atoms with E-state index in [0.29, 0.717) is 11.3 Å². The second kappa shape index (κ2) is 7.67. The topological polar surface area (TPSA) is 56.0 Å². The molecule has 4 aromatic heterocycles. The van der Waals surface area contributed by atoms with Crippen molar-refractivity contribution in [3.63, 3.8) is 0 Å². The number of nitrogens with zero attached hydrogens (tertiary/aromatic N) is 5. The van der Waals surface area contributed by atoms with Crippen LogP contribution in [0.25, 0.3) is 71.9 Å². The van der Waals surface area contributed by atoms with E-state index in [1.807, 2.05) is 6.07 Å². The van der Waals surface area contributed by atoms with Crippen LogP contribution in [0, 0.1) is 0 Å². The normalized spacial score (nSPS) is 11.8. The molecule has 37 heavy (non-hydrogen) atoms. The minimum absolute atomic E-state index is 0.532. The maximum absolute atomic E-state index is 5.08. The van der Waals surface area contributed by atoms with Crippen molar-refractivity contribution in [2.24, 2.45) is 0 Å². The van der Waals surface area contributed by atoms with Gasteiger partial charge < -0.3 is 0 Å². The van der Waals surface area contributed by atoms with E-state index in [9.17, 15) is 0 Å². The Morgan fingerprint density at radius 3 is 2.03 bits per heavy atom. The van der Waals surface area contributed by atoms with Crippen molar-refractivity contribution in [3.05, 3.63) is 116 Å². The highest BCUT2D eigenvalue weighted by Crippen LogP contribution is 2.42. The van der Waals surface area contributed by atoms with Crippen molar-refractivity contribution in [2.75, 3.05) is 0 Å². The molecular formula is C32H19N5. The van der Waals surface area contributed by atoms with Crippen LogP contribution in [0.3, 0.4) is 0 Å². The van der Waals surface area contributed by atoms with Crippen molar-refractivity contribution >= 4 is 49.5 Å². The first-order valence-corrected chi connectivity index (χ1v) is 12.2. The van der Waals surface area contributed by atoms with Gasteiger partial charge in [-0.15, -0.1) is 0 Å². The van der Waals surface area contributed by atoms with Crippen LogP contribution in [0.5, 0.6) is 0 Å². The molecule has 5 nitrogen and oxygen atoms in total. The largest absolute Gasteiger partial charge is 0.291 e. The van der Waals surface area contributed by atoms with Gasteiger partial charge in [0.2, 0.25) is 0 Å². The Morgan fingerprint density at radius 2 is 1.24 bits per heavy atom. The highest BCUT2D eigenvalue weighted by molar-refractivity contribution is 6.24. The molecule has 4 aromatic carbocycles. The van der Waals surface area contributed by atoms with Gasteiger partial charge in [0.25, 0.3) is 0 Å². The molecule has 0 saturated carbocycles. The van der Waals surface area contributed by atoms with Crippen molar-refractivity contribution in [3.8, 4) is 22.4 Å². The average molecular weight is 474 g/mol. The van der Waals surface area contributed by atoms with Crippen molar-refractivity contribution in [2.45, 2.75) is 0 Å². The third-order valence-electron chi connectivity index (χ3n) is 7.09. The number of benzene rings is 4. The fourth-order valence-corrected chi connectivity index (χ4v) is 5.49. The van der Waals surface area contributed by atoms with Gasteiger partial charge in [0.05, 0.1) is 11.2 Å². The van der Waals surface area contributed by atoms with Gasteiger partial charge >= 0.3 is 0 Å². The molecule has 0 atom stereocenters. The molecule has 0 N–H and O–H groups in total. The standard InChI is InChI=1S/C32H19N5/c1-3-9-20(10-4-1)25-19-26(22-12-5-2-6-13-22)37-29(25)24-16-15-21-11-7-8-14-23(21)27(24)28-32(37)36-31-30(35-28)33-17-18-34-31/h1-19H. The molecule has 172 valence electrons. The summed E-state index contributed by atoms with van der Waals surface area (Å²) >= 11 is 0. The zero-order valence-corrected chi connectivity index (χ0v) is 19.7. The summed E-state index contributed by atoms with van der Waals surface area (Å²) in [5.74, 6) is 0. The number of hydrogen-bond acceptors (Lipinski definition) is 4.